The lowest BCUT2D eigenvalue weighted by Crippen LogP contribution is -2.38. The Labute approximate surface area is 124 Å². The summed E-state index contributed by atoms with van der Waals surface area (Å²) in [6.45, 7) is 0.705. The van der Waals surface area contributed by atoms with E-state index in [1.54, 1.807) is 0 Å². The minimum absolute atomic E-state index is 0.0274. The minimum Gasteiger partial charge on any atom is -0.398 e. The number of carbonyl (C=O) groups excluding carboxylic acids is 1. The minimum atomic E-state index is -0.245. The van der Waals surface area contributed by atoms with E-state index < -0.39 is 0 Å². The molecule has 0 radical (unpaired) electrons. The van der Waals surface area contributed by atoms with Gasteiger partial charge in [0.25, 0.3) is 5.56 Å². The van der Waals surface area contributed by atoms with Crippen molar-refractivity contribution in [3.63, 3.8) is 0 Å². The van der Waals surface area contributed by atoms with Gasteiger partial charge in [-0.1, -0.05) is 12.8 Å². The zero-order valence-electron chi connectivity index (χ0n) is 12.1. The Balaban J connectivity index is 1.87. The molecule has 6 nitrogen and oxygen atoms in total. The molecule has 0 bridgehead atoms. The second-order valence-electron chi connectivity index (χ2n) is 5.72. The maximum Gasteiger partial charge on any atom is 0.251 e. The summed E-state index contributed by atoms with van der Waals surface area (Å²) in [5.74, 6) is 0.393. The molecule has 2 atom stereocenters. The fourth-order valence-electron chi connectivity index (χ4n) is 2.92. The van der Waals surface area contributed by atoms with Crippen molar-refractivity contribution < 1.29 is 9.90 Å². The van der Waals surface area contributed by atoms with Crippen molar-refractivity contribution in [3.05, 3.63) is 28.7 Å². The van der Waals surface area contributed by atoms with Crippen LogP contribution in [0, 0.1) is 11.8 Å². The Kier molecular flexibility index (Phi) is 5.38. The Bertz CT molecular complexity index is 541. The highest BCUT2D eigenvalue weighted by Gasteiger charge is 2.24. The van der Waals surface area contributed by atoms with Crippen LogP contribution in [0.2, 0.25) is 0 Å². The molecule has 21 heavy (non-hydrogen) atoms. The maximum atomic E-state index is 11.9. The molecule has 1 amide bonds. The van der Waals surface area contributed by atoms with Gasteiger partial charge in [-0.15, -0.1) is 0 Å². The number of hydrogen-bond acceptors (Lipinski definition) is 4. The fraction of sp³-hybridized carbons (Fsp3) is 0.600. The first kappa shape index (κ1) is 15.6. The van der Waals surface area contributed by atoms with Crippen LogP contribution in [0.5, 0.6) is 0 Å². The predicted molar refractivity (Wildman–Crippen MR) is 80.7 cm³/mol. The van der Waals surface area contributed by atoms with Crippen LogP contribution < -0.4 is 16.6 Å². The van der Waals surface area contributed by atoms with Gasteiger partial charge in [0.2, 0.25) is 5.91 Å². The van der Waals surface area contributed by atoms with E-state index in [1.165, 1.54) is 22.9 Å². The number of hydrogen-bond donors (Lipinski definition) is 3. The number of rotatable bonds is 5. The molecular weight excluding hydrogens is 270 g/mol. The number of anilines is 1. The number of aliphatic hydroxyl groups is 1. The van der Waals surface area contributed by atoms with Gasteiger partial charge >= 0.3 is 0 Å². The van der Waals surface area contributed by atoms with E-state index in [9.17, 15) is 14.7 Å². The lowest BCUT2D eigenvalue weighted by Gasteiger charge is -2.30. The quantitative estimate of drug-likeness (QED) is 0.729. The molecule has 1 heterocycles. The summed E-state index contributed by atoms with van der Waals surface area (Å²) in [4.78, 5) is 23.5. The van der Waals surface area contributed by atoms with Gasteiger partial charge in [-0.05, 0) is 30.7 Å². The molecule has 2 rings (SSSR count). The number of pyridine rings is 1. The Morgan fingerprint density at radius 1 is 1.33 bits per heavy atom. The summed E-state index contributed by atoms with van der Waals surface area (Å²) in [6.07, 6.45) is 5.81. The number of carbonyl (C=O) groups is 1. The zero-order chi connectivity index (χ0) is 15.2. The molecule has 2 unspecified atom stereocenters. The van der Waals surface area contributed by atoms with E-state index in [-0.39, 0.29) is 30.5 Å². The van der Waals surface area contributed by atoms with E-state index in [4.69, 9.17) is 5.73 Å². The van der Waals surface area contributed by atoms with Crippen LogP contribution in [0.1, 0.15) is 25.7 Å². The summed E-state index contributed by atoms with van der Waals surface area (Å²) in [5.41, 5.74) is 5.82. The van der Waals surface area contributed by atoms with Gasteiger partial charge in [-0.3, -0.25) is 9.59 Å². The first-order chi connectivity index (χ1) is 10.1. The predicted octanol–water partition coefficient (Wildman–Crippen LogP) is 0.345. The third kappa shape index (κ3) is 4.32. The van der Waals surface area contributed by atoms with Crippen LogP contribution in [-0.4, -0.2) is 28.7 Å². The number of nitrogens with one attached hydrogen (secondary N) is 1. The summed E-state index contributed by atoms with van der Waals surface area (Å²) in [6, 6.07) is 2.87. The molecule has 1 saturated carbocycles. The SMILES string of the molecule is Nc1ccc(=O)n(CC(=O)NCC2CCCCC2CO)c1. The molecule has 0 spiro atoms. The monoisotopic (exact) mass is 293 g/mol. The molecule has 0 aliphatic heterocycles. The Morgan fingerprint density at radius 3 is 2.76 bits per heavy atom. The highest BCUT2D eigenvalue weighted by Crippen LogP contribution is 2.28. The van der Waals surface area contributed by atoms with Crippen LogP contribution in [0.3, 0.4) is 0 Å². The van der Waals surface area contributed by atoms with Crippen molar-refractivity contribution in [1.82, 2.24) is 9.88 Å². The van der Waals surface area contributed by atoms with Crippen LogP contribution >= 0.6 is 0 Å². The number of aliphatic hydroxyl groups excluding tert-OH is 1. The van der Waals surface area contributed by atoms with Crippen LogP contribution in [0.25, 0.3) is 0 Å². The summed E-state index contributed by atoms with van der Waals surface area (Å²) in [7, 11) is 0. The molecule has 4 N–H and O–H groups in total. The first-order valence-electron chi connectivity index (χ1n) is 7.43. The number of nitrogens with two attached hydrogens (primary N) is 1. The smallest absolute Gasteiger partial charge is 0.251 e. The summed E-state index contributed by atoms with van der Waals surface area (Å²) < 4.78 is 1.30. The second-order valence-corrected chi connectivity index (χ2v) is 5.72. The van der Waals surface area contributed by atoms with Crippen molar-refractivity contribution in [3.8, 4) is 0 Å². The first-order valence-corrected chi connectivity index (χ1v) is 7.43. The third-order valence-electron chi connectivity index (χ3n) is 4.18. The second kappa shape index (κ2) is 7.26. The van der Waals surface area contributed by atoms with Crippen molar-refractivity contribution in [2.24, 2.45) is 11.8 Å². The lowest BCUT2D eigenvalue weighted by atomic mass is 9.79. The van der Waals surface area contributed by atoms with Gasteiger partial charge in [0, 0.05) is 31.1 Å². The molecule has 1 fully saturated rings. The standard InChI is InChI=1S/C15H23N3O3/c16-13-5-6-15(21)18(8-13)9-14(20)17-7-11-3-1-2-4-12(11)10-19/h5-6,8,11-12,19H,1-4,7,9-10,16H2,(H,17,20). The van der Waals surface area contributed by atoms with E-state index in [2.05, 4.69) is 5.32 Å². The van der Waals surface area contributed by atoms with E-state index >= 15 is 0 Å². The maximum absolute atomic E-state index is 11.9. The average Bonchev–Trinajstić information content (AvgIpc) is 2.49. The Hall–Kier alpha value is -1.82. The Morgan fingerprint density at radius 2 is 2.05 bits per heavy atom. The molecule has 1 aliphatic rings. The van der Waals surface area contributed by atoms with E-state index in [0.29, 0.717) is 18.2 Å². The van der Waals surface area contributed by atoms with Gasteiger partial charge in [-0.2, -0.15) is 0 Å². The van der Waals surface area contributed by atoms with Gasteiger partial charge in [0.15, 0.2) is 0 Å². The molecule has 0 saturated heterocycles. The molecule has 0 aromatic carbocycles. The van der Waals surface area contributed by atoms with Crippen molar-refractivity contribution >= 4 is 11.6 Å². The highest BCUT2D eigenvalue weighted by molar-refractivity contribution is 5.75. The average molecular weight is 293 g/mol. The van der Waals surface area contributed by atoms with Crippen LogP contribution in [0.15, 0.2) is 23.1 Å². The molecule has 1 aromatic heterocycles. The largest absolute Gasteiger partial charge is 0.398 e. The topological polar surface area (TPSA) is 97.4 Å². The van der Waals surface area contributed by atoms with Crippen molar-refractivity contribution in [2.75, 3.05) is 18.9 Å². The third-order valence-corrected chi connectivity index (χ3v) is 4.18. The summed E-state index contributed by atoms with van der Waals surface area (Å²) >= 11 is 0. The van der Waals surface area contributed by atoms with E-state index in [0.717, 1.165) is 25.7 Å². The number of nitrogen functional groups attached to an aromatic ring is 1. The normalized spacial score (nSPS) is 22.0. The van der Waals surface area contributed by atoms with Gasteiger partial charge in [-0.25, -0.2) is 0 Å². The lowest BCUT2D eigenvalue weighted by molar-refractivity contribution is -0.122. The number of aromatic nitrogens is 1. The molecular formula is C15H23N3O3. The van der Waals surface area contributed by atoms with Crippen molar-refractivity contribution in [2.45, 2.75) is 32.2 Å². The summed E-state index contributed by atoms with van der Waals surface area (Å²) in [5, 5.41) is 12.2. The highest BCUT2D eigenvalue weighted by atomic mass is 16.3. The fourth-order valence-corrected chi connectivity index (χ4v) is 2.92. The molecule has 116 valence electrons. The van der Waals surface area contributed by atoms with Gasteiger partial charge in [0.05, 0.1) is 0 Å². The molecule has 1 aromatic rings. The zero-order valence-corrected chi connectivity index (χ0v) is 12.1. The van der Waals surface area contributed by atoms with Gasteiger partial charge in [0.1, 0.15) is 6.54 Å². The van der Waals surface area contributed by atoms with Crippen LogP contribution in [0.4, 0.5) is 5.69 Å². The number of amides is 1. The molecule has 1 aliphatic carbocycles. The van der Waals surface area contributed by atoms with Crippen LogP contribution in [-0.2, 0) is 11.3 Å². The van der Waals surface area contributed by atoms with E-state index in [1.807, 2.05) is 0 Å². The van der Waals surface area contributed by atoms with Crippen molar-refractivity contribution in [1.29, 1.82) is 0 Å². The van der Waals surface area contributed by atoms with Gasteiger partial charge < -0.3 is 20.7 Å². The molecule has 6 heteroatoms. The number of nitrogens with zero attached hydrogens (tertiary/aromatic N) is 1.